The largest absolute Gasteiger partial charge is 0.506 e. The number of nitrogens with one attached hydrogen (secondary N) is 1. The molecule has 0 saturated heterocycles. The molecule has 0 spiro atoms. The number of hydrogen-bond acceptors (Lipinski definition) is 5. The fourth-order valence-corrected chi connectivity index (χ4v) is 4.30. The number of aliphatic hydroxyl groups excluding tert-OH is 1. The first kappa shape index (κ1) is 16.2. The van der Waals surface area contributed by atoms with Crippen LogP contribution in [0.2, 0.25) is 5.02 Å². The van der Waals surface area contributed by atoms with Crippen molar-refractivity contribution < 1.29 is 18.3 Å². The van der Waals surface area contributed by atoms with Crippen LogP contribution in [0.15, 0.2) is 28.7 Å². The monoisotopic (exact) mass is 353 g/mol. The molecule has 2 bridgehead atoms. The second-order valence-corrected chi connectivity index (χ2v) is 8.55. The standard InChI is InChI=1S/C16H16ClNO4S/c1-23(21,22)10-4-5-11(12(17)7-10)16(20)13-14(18)8-2-3-9(6-8)15(13)19/h4-5,7-9,18,20H,2-3,6H2,1H3. The highest BCUT2D eigenvalue weighted by molar-refractivity contribution is 7.90. The molecule has 23 heavy (non-hydrogen) atoms. The van der Waals surface area contributed by atoms with Crippen molar-refractivity contribution in [2.75, 3.05) is 6.26 Å². The molecule has 7 heteroatoms. The zero-order valence-corrected chi connectivity index (χ0v) is 14.0. The van der Waals surface area contributed by atoms with Gasteiger partial charge in [-0.1, -0.05) is 11.6 Å². The van der Waals surface area contributed by atoms with Crippen LogP contribution in [-0.4, -0.2) is 31.3 Å². The summed E-state index contributed by atoms with van der Waals surface area (Å²) in [5.41, 5.74) is 0.357. The van der Waals surface area contributed by atoms with Crippen LogP contribution in [0.3, 0.4) is 0 Å². The van der Waals surface area contributed by atoms with Crippen molar-refractivity contribution in [3.05, 3.63) is 34.4 Å². The molecule has 1 aromatic rings. The first-order valence-corrected chi connectivity index (χ1v) is 9.53. The minimum Gasteiger partial charge on any atom is -0.506 e. The summed E-state index contributed by atoms with van der Waals surface area (Å²) in [6.45, 7) is 0. The third kappa shape index (κ3) is 2.70. The van der Waals surface area contributed by atoms with E-state index in [0.717, 1.165) is 19.1 Å². The van der Waals surface area contributed by atoms with Crippen LogP contribution in [0.5, 0.6) is 0 Å². The van der Waals surface area contributed by atoms with Gasteiger partial charge >= 0.3 is 0 Å². The van der Waals surface area contributed by atoms with Crippen molar-refractivity contribution in [1.29, 1.82) is 5.41 Å². The van der Waals surface area contributed by atoms with Gasteiger partial charge in [0.2, 0.25) is 0 Å². The Balaban J connectivity index is 2.11. The molecule has 0 radical (unpaired) electrons. The van der Waals surface area contributed by atoms with Crippen LogP contribution in [0.25, 0.3) is 5.76 Å². The van der Waals surface area contributed by atoms with E-state index in [1.165, 1.54) is 18.2 Å². The zero-order valence-electron chi connectivity index (χ0n) is 12.5. The normalized spacial score (nSPS) is 26.5. The minimum atomic E-state index is -3.41. The second kappa shape index (κ2) is 5.46. The summed E-state index contributed by atoms with van der Waals surface area (Å²) >= 11 is 6.09. The van der Waals surface area contributed by atoms with Gasteiger partial charge in [-0.2, -0.15) is 0 Å². The molecule has 2 N–H and O–H groups in total. The van der Waals surface area contributed by atoms with Crippen molar-refractivity contribution in [3.63, 3.8) is 0 Å². The van der Waals surface area contributed by atoms with Crippen molar-refractivity contribution in [2.24, 2.45) is 11.8 Å². The van der Waals surface area contributed by atoms with Gasteiger partial charge in [0.1, 0.15) is 5.76 Å². The summed E-state index contributed by atoms with van der Waals surface area (Å²) in [5.74, 6) is -0.685. The average Bonchev–Trinajstić information content (AvgIpc) is 2.91. The Morgan fingerprint density at radius 2 is 1.96 bits per heavy atom. The van der Waals surface area contributed by atoms with E-state index in [-0.39, 0.29) is 50.1 Å². The first-order valence-electron chi connectivity index (χ1n) is 7.26. The van der Waals surface area contributed by atoms with Crippen molar-refractivity contribution in [2.45, 2.75) is 24.2 Å². The lowest BCUT2D eigenvalue weighted by Gasteiger charge is -2.23. The fraction of sp³-hybridized carbons (Fsp3) is 0.375. The van der Waals surface area contributed by atoms with E-state index in [2.05, 4.69) is 0 Å². The van der Waals surface area contributed by atoms with Gasteiger partial charge < -0.3 is 10.5 Å². The molecule has 2 fully saturated rings. The average molecular weight is 354 g/mol. The highest BCUT2D eigenvalue weighted by Gasteiger charge is 2.43. The number of carbonyl (C=O) groups excluding carboxylic acids is 1. The van der Waals surface area contributed by atoms with E-state index in [9.17, 15) is 18.3 Å². The minimum absolute atomic E-state index is 0.00363. The zero-order chi connectivity index (χ0) is 16.9. The molecule has 3 rings (SSSR count). The van der Waals surface area contributed by atoms with E-state index in [0.29, 0.717) is 6.42 Å². The third-order valence-electron chi connectivity index (χ3n) is 4.59. The molecule has 5 nitrogen and oxygen atoms in total. The predicted octanol–water partition coefficient (Wildman–Crippen LogP) is 3.03. The maximum atomic E-state index is 12.4. The summed E-state index contributed by atoms with van der Waals surface area (Å²) in [7, 11) is -3.41. The van der Waals surface area contributed by atoms with Gasteiger partial charge in [0, 0.05) is 29.4 Å². The summed E-state index contributed by atoms with van der Waals surface area (Å²) in [4.78, 5) is 12.5. The molecule has 0 amide bonds. The molecular formula is C16H16ClNO4S. The number of fused-ring (bicyclic) bond motifs is 2. The Bertz CT molecular complexity index is 833. The summed E-state index contributed by atoms with van der Waals surface area (Å²) in [6, 6.07) is 3.95. The maximum absolute atomic E-state index is 12.4. The number of carbonyl (C=O) groups is 1. The fourth-order valence-electron chi connectivity index (χ4n) is 3.32. The predicted molar refractivity (Wildman–Crippen MR) is 87.7 cm³/mol. The molecule has 2 saturated carbocycles. The SMILES string of the molecule is CS(=O)(=O)c1ccc(C(O)=C2C(=N)C3CCC(C3)C2=O)c(Cl)c1. The van der Waals surface area contributed by atoms with Crippen molar-refractivity contribution in [1.82, 2.24) is 0 Å². The van der Waals surface area contributed by atoms with E-state index in [1.807, 2.05) is 0 Å². The van der Waals surface area contributed by atoms with Crippen LogP contribution in [-0.2, 0) is 14.6 Å². The Morgan fingerprint density at radius 3 is 2.57 bits per heavy atom. The number of aliphatic hydroxyl groups is 1. The van der Waals surface area contributed by atoms with Crippen LogP contribution < -0.4 is 0 Å². The van der Waals surface area contributed by atoms with E-state index in [4.69, 9.17) is 17.0 Å². The molecule has 0 heterocycles. The quantitative estimate of drug-likeness (QED) is 0.631. The molecule has 2 atom stereocenters. The lowest BCUT2D eigenvalue weighted by molar-refractivity contribution is -0.118. The topological polar surface area (TPSA) is 95.3 Å². The highest BCUT2D eigenvalue weighted by Crippen LogP contribution is 2.42. The number of allylic oxidation sites excluding steroid dienone is 1. The summed E-state index contributed by atoms with van der Waals surface area (Å²) in [6.07, 6.45) is 3.26. The van der Waals surface area contributed by atoms with E-state index < -0.39 is 9.84 Å². The van der Waals surface area contributed by atoms with Gasteiger partial charge in [0.05, 0.1) is 15.5 Å². The van der Waals surface area contributed by atoms with Crippen LogP contribution in [0.4, 0.5) is 0 Å². The van der Waals surface area contributed by atoms with Crippen molar-refractivity contribution in [3.8, 4) is 0 Å². The molecule has 2 aliphatic carbocycles. The maximum Gasteiger partial charge on any atom is 0.175 e. The Morgan fingerprint density at radius 1 is 1.30 bits per heavy atom. The van der Waals surface area contributed by atoms with Crippen molar-refractivity contribution >= 4 is 38.7 Å². The molecule has 2 unspecified atom stereocenters. The van der Waals surface area contributed by atoms with Gasteiger partial charge in [-0.3, -0.25) is 4.79 Å². The first-order chi connectivity index (χ1) is 10.7. The summed E-state index contributed by atoms with van der Waals surface area (Å²) in [5, 5.41) is 18.7. The number of rotatable bonds is 2. The van der Waals surface area contributed by atoms with Gasteiger partial charge in [0.25, 0.3) is 0 Å². The van der Waals surface area contributed by atoms with E-state index in [1.54, 1.807) is 0 Å². The van der Waals surface area contributed by atoms with Gasteiger partial charge in [-0.15, -0.1) is 0 Å². The Hall–Kier alpha value is -1.66. The van der Waals surface area contributed by atoms with Gasteiger partial charge in [-0.25, -0.2) is 8.42 Å². The second-order valence-electron chi connectivity index (χ2n) is 6.12. The van der Waals surface area contributed by atoms with Crippen LogP contribution in [0, 0.1) is 17.2 Å². The van der Waals surface area contributed by atoms with Gasteiger partial charge in [-0.05, 0) is 37.5 Å². The number of Topliss-reactive ketones (excluding diaryl/α,β-unsaturated/α-hetero) is 1. The number of sulfone groups is 1. The number of ketones is 1. The molecule has 2 aliphatic rings. The number of hydrogen-bond donors (Lipinski definition) is 2. The highest BCUT2D eigenvalue weighted by atomic mass is 35.5. The smallest absolute Gasteiger partial charge is 0.175 e. The lowest BCUT2D eigenvalue weighted by atomic mass is 9.81. The number of halogens is 1. The van der Waals surface area contributed by atoms with E-state index >= 15 is 0 Å². The van der Waals surface area contributed by atoms with Crippen LogP contribution >= 0.6 is 11.6 Å². The molecule has 0 aliphatic heterocycles. The Kier molecular flexibility index (Phi) is 3.84. The summed E-state index contributed by atoms with van der Waals surface area (Å²) < 4.78 is 23.1. The molecule has 1 aromatic carbocycles. The molecule has 0 aromatic heterocycles. The third-order valence-corrected chi connectivity index (χ3v) is 6.01. The molecular weight excluding hydrogens is 338 g/mol. The van der Waals surface area contributed by atoms with Gasteiger partial charge in [0.15, 0.2) is 15.6 Å². The van der Waals surface area contributed by atoms with Crippen LogP contribution in [0.1, 0.15) is 24.8 Å². The number of benzene rings is 1. The molecule has 122 valence electrons. The Labute approximate surface area is 139 Å². The lowest BCUT2D eigenvalue weighted by Crippen LogP contribution is -2.29.